The first-order valence-corrected chi connectivity index (χ1v) is 5.93. The quantitative estimate of drug-likeness (QED) is 0.861. The summed E-state index contributed by atoms with van der Waals surface area (Å²) in [5.74, 6) is 0.690. The first-order valence-electron chi connectivity index (χ1n) is 5.14. The van der Waals surface area contributed by atoms with Gasteiger partial charge in [0.05, 0.1) is 6.54 Å². The summed E-state index contributed by atoms with van der Waals surface area (Å²) in [4.78, 5) is 16.1. The molecule has 2 aromatic rings. The SMILES string of the molecule is Cc1ncc(Br)c(=O)n1Cc1ccc(N)cc1. The van der Waals surface area contributed by atoms with Gasteiger partial charge in [-0.1, -0.05) is 12.1 Å². The predicted octanol–water partition coefficient (Wildman–Crippen LogP) is 1.94. The van der Waals surface area contributed by atoms with Crippen molar-refractivity contribution in [3.05, 3.63) is 56.7 Å². The molecule has 0 saturated carbocycles. The molecule has 0 unspecified atom stereocenters. The van der Waals surface area contributed by atoms with Crippen LogP contribution in [0.5, 0.6) is 0 Å². The summed E-state index contributed by atoms with van der Waals surface area (Å²) in [6.07, 6.45) is 1.52. The molecule has 0 bridgehead atoms. The lowest BCUT2D eigenvalue weighted by Gasteiger charge is -2.09. The second-order valence-corrected chi connectivity index (χ2v) is 4.64. The molecule has 2 N–H and O–H groups in total. The minimum absolute atomic E-state index is 0.0747. The number of nitrogen functional groups attached to an aromatic ring is 1. The molecule has 5 heteroatoms. The number of nitrogens with zero attached hydrogens (tertiary/aromatic N) is 2. The van der Waals surface area contributed by atoms with Crippen molar-refractivity contribution < 1.29 is 0 Å². The van der Waals surface area contributed by atoms with Gasteiger partial charge in [0, 0.05) is 11.9 Å². The zero-order valence-corrected chi connectivity index (χ0v) is 10.9. The number of nitrogens with two attached hydrogens (primary N) is 1. The highest BCUT2D eigenvalue weighted by molar-refractivity contribution is 9.10. The summed E-state index contributed by atoms with van der Waals surface area (Å²) in [5, 5.41) is 0. The number of halogens is 1. The van der Waals surface area contributed by atoms with E-state index in [1.807, 2.05) is 31.2 Å². The van der Waals surface area contributed by atoms with E-state index in [2.05, 4.69) is 20.9 Å². The van der Waals surface area contributed by atoms with E-state index >= 15 is 0 Å². The fourth-order valence-electron chi connectivity index (χ4n) is 1.54. The van der Waals surface area contributed by atoms with Crippen LogP contribution < -0.4 is 11.3 Å². The van der Waals surface area contributed by atoms with E-state index in [0.29, 0.717) is 22.5 Å². The molecule has 88 valence electrons. The van der Waals surface area contributed by atoms with Gasteiger partial charge in [-0.05, 0) is 40.5 Å². The Morgan fingerprint density at radius 2 is 2.00 bits per heavy atom. The van der Waals surface area contributed by atoms with Crippen molar-refractivity contribution in [2.24, 2.45) is 0 Å². The van der Waals surface area contributed by atoms with Crippen LogP contribution in [-0.4, -0.2) is 9.55 Å². The summed E-state index contributed by atoms with van der Waals surface area (Å²) < 4.78 is 2.09. The monoisotopic (exact) mass is 293 g/mol. The maximum Gasteiger partial charge on any atom is 0.268 e. The van der Waals surface area contributed by atoms with Crippen molar-refractivity contribution >= 4 is 21.6 Å². The molecular formula is C12H12BrN3O. The molecule has 0 saturated heterocycles. The van der Waals surface area contributed by atoms with Crippen LogP contribution in [0.1, 0.15) is 11.4 Å². The lowest BCUT2D eigenvalue weighted by atomic mass is 10.2. The van der Waals surface area contributed by atoms with Crippen LogP contribution in [0.25, 0.3) is 0 Å². The Kier molecular flexibility index (Phi) is 3.28. The van der Waals surface area contributed by atoms with Gasteiger partial charge in [0.1, 0.15) is 10.3 Å². The van der Waals surface area contributed by atoms with Gasteiger partial charge in [-0.25, -0.2) is 4.98 Å². The topological polar surface area (TPSA) is 60.9 Å². The zero-order chi connectivity index (χ0) is 12.4. The highest BCUT2D eigenvalue weighted by atomic mass is 79.9. The molecule has 0 atom stereocenters. The smallest absolute Gasteiger partial charge is 0.268 e. The molecule has 0 radical (unpaired) electrons. The molecule has 0 aliphatic carbocycles. The minimum Gasteiger partial charge on any atom is -0.399 e. The Morgan fingerprint density at radius 1 is 1.35 bits per heavy atom. The molecule has 17 heavy (non-hydrogen) atoms. The van der Waals surface area contributed by atoms with Crippen molar-refractivity contribution in [2.75, 3.05) is 5.73 Å². The third-order valence-corrected chi connectivity index (χ3v) is 3.07. The summed E-state index contributed by atoms with van der Waals surface area (Å²) in [5.41, 5.74) is 7.27. The fourth-order valence-corrected chi connectivity index (χ4v) is 1.86. The lowest BCUT2D eigenvalue weighted by molar-refractivity contribution is 0.695. The molecule has 0 aliphatic heterocycles. The van der Waals surface area contributed by atoms with Gasteiger partial charge < -0.3 is 5.73 Å². The van der Waals surface area contributed by atoms with Gasteiger partial charge in [-0.15, -0.1) is 0 Å². The van der Waals surface area contributed by atoms with Crippen LogP contribution in [0.2, 0.25) is 0 Å². The molecule has 1 heterocycles. The van der Waals surface area contributed by atoms with Crippen LogP contribution in [0.4, 0.5) is 5.69 Å². The molecule has 0 fully saturated rings. The van der Waals surface area contributed by atoms with Crippen molar-refractivity contribution in [3.8, 4) is 0 Å². The molecule has 2 rings (SSSR count). The predicted molar refractivity (Wildman–Crippen MR) is 70.9 cm³/mol. The number of benzene rings is 1. The largest absolute Gasteiger partial charge is 0.399 e. The number of rotatable bonds is 2. The number of hydrogen-bond donors (Lipinski definition) is 1. The zero-order valence-electron chi connectivity index (χ0n) is 9.35. The second-order valence-electron chi connectivity index (χ2n) is 3.79. The average molecular weight is 294 g/mol. The molecule has 0 spiro atoms. The van der Waals surface area contributed by atoms with Gasteiger partial charge in [0.15, 0.2) is 0 Å². The van der Waals surface area contributed by atoms with Gasteiger partial charge in [0.2, 0.25) is 0 Å². The van der Waals surface area contributed by atoms with Gasteiger partial charge in [-0.2, -0.15) is 0 Å². The number of aromatic nitrogens is 2. The van der Waals surface area contributed by atoms with Gasteiger partial charge in [0.25, 0.3) is 5.56 Å². The second kappa shape index (κ2) is 4.71. The minimum atomic E-state index is -0.0747. The van der Waals surface area contributed by atoms with E-state index in [0.717, 1.165) is 5.56 Å². The van der Waals surface area contributed by atoms with Crippen LogP contribution in [-0.2, 0) is 6.54 Å². The lowest BCUT2D eigenvalue weighted by Crippen LogP contribution is -2.24. The van der Waals surface area contributed by atoms with E-state index in [9.17, 15) is 4.79 Å². The van der Waals surface area contributed by atoms with Crippen molar-refractivity contribution in [1.29, 1.82) is 0 Å². The first kappa shape index (κ1) is 11.9. The Morgan fingerprint density at radius 3 is 2.65 bits per heavy atom. The van der Waals surface area contributed by atoms with E-state index in [4.69, 9.17) is 5.73 Å². The standard InChI is InChI=1S/C12H12BrN3O/c1-8-15-6-11(13)12(17)16(8)7-9-2-4-10(14)5-3-9/h2-6H,7,14H2,1H3. The van der Waals surface area contributed by atoms with E-state index in [1.54, 1.807) is 4.57 Å². The highest BCUT2D eigenvalue weighted by Crippen LogP contribution is 2.08. The molecule has 4 nitrogen and oxygen atoms in total. The maximum atomic E-state index is 11.9. The van der Waals surface area contributed by atoms with Crippen LogP contribution in [0, 0.1) is 6.92 Å². The number of hydrogen-bond acceptors (Lipinski definition) is 3. The molecule has 1 aromatic carbocycles. The highest BCUT2D eigenvalue weighted by Gasteiger charge is 2.05. The first-order chi connectivity index (χ1) is 8.08. The van der Waals surface area contributed by atoms with Crippen LogP contribution in [0.3, 0.4) is 0 Å². The number of aryl methyl sites for hydroxylation is 1. The van der Waals surface area contributed by atoms with Crippen molar-refractivity contribution in [3.63, 3.8) is 0 Å². The van der Waals surface area contributed by atoms with Gasteiger partial charge in [-0.3, -0.25) is 9.36 Å². The Labute approximate surface area is 107 Å². The van der Waals surface area contributed by atoms with E-state index < -0.39 is 0 Å². The van der Waals surface area contributed by atoms with E-state index in [1.165, 1.54) is 6.20 Å². The summed E-state index contributed by atoms with van der Waals surface area (Å²) in [6.45, 7) is 2.31. The maximum absolute atomic E-state index is 11.9. The van der Waals surface area contributed by atoms with Crippen molar-refractivity contribution in [2.45, 2.75) is 13.5 Å². The third kappa shape index (κ3) is 2.55. The summed E-state index contributed by atoms with van der Waals surface area (Å²) in [7, 11) is 0. The van der Waals surface area contributed by atoms with Crippen LogP contribution in [0.15, 0.2) is 39.7 Å². The Hall–Kier alpha value is -1.62. The summed E-state index contributed by atoms with van der Waals surface area (Å²) in [6, 6.07) is 7.45. The number of anilines is 1. The van der Waals surface area contributed by atoms with E-state index in [-0.39, 0.29) is 5.56 Å². The molecule has 1 aromatic heterocycles. The Bertz CT molecular complexity index is 590. The van der Waals surface area contributed by atoms with Crippen molar-refractivity contribution in [1.82, 2.24) is 9.55 Å². The fraction of sp³-hybridized carbons (Fsp3) is 0.167. The summed E-state index contributed by atoms with van der Waals surface area (Å²) >= 11 is 3.19. The van der Waals surface area contributed by atoms with Crippen LogP contribution >= 0.6 is 15.9 Å². The third-order valence-electron chi connectivity index (χ3n) is 2.53. The average Bonchev–Trinajstić information content (AvgIpc) is 2.32. The Balaban J connectivity index is 2.39. The van der Waals surface area contributed by atoms with Gasteiger partial charge >= 0.3 is 0 Å². The molecule has 0 aliphatic rings. The normalized spacial score (nSPS) is 10.5. The molecular weight excluding hydrogens is 282 g/mol. The molecule has 0 amide bonds.